The van der Waals surface area contributed by atoms with E-state index in [9.17, 15) is 17.6 Å². The lowest BCUT2D eigenvalue weighted by molar-refractivity contribution is -0.136. The maximum absolute atomic E-state index is 13.1. The molecule has 0 unspecified atom stereocenters. The van der Waals surface area contributed by atoms with Crippen molar-refractivity contribution in [3.05, 3.63) is 57.8 Å². The van der Waals surface area contributed by atoms with Crippen LogP contribution in [0.25, 0.3) is 0 Å². The molecule has 122 valence electrons. The maximum atomic E-state index is 13.1. The Hall–Kier alpha value is -1.57. The second-order valence-corrected chi connectivity index (χ2v) is 5.65. The summed E-state index contributed by atoms with van der Waals surface area (Å²) < 4.78 is 52.0. The van der Waals surface area contributed by atoms with E-state index in [1.807, 2.05) is 0 Å². The minimum Gasteiger partial charge on any atom is -0.332 e. The van der Waals surface area contributed by atoms with Gasteiger partial charge in [0.1, 0.15) is 5.82 Å². The van der Waals surface area contributed by atoms with Crippen molar-refractivity contribution in [3.63, 3.8) is 0 Å². The summed E-state index contributed by atoms with van der Waals surface area (Å²) >= 11 is 16.2. The van der Waals surface area contributed by atoms with Gasteiger partial charge >= 0.3 is 6.18 Å². The monoisotopic (exact) mass is 382 g/mol. The molecule has 2 aromatic rings. The summed E-state index contributed by atoms with van der Waals surface area (Å²) in [5, 5.41) is 4.75. The molecule has 0 aromatic heterocycles. The fourth-order valence-electron chi connectivity index (χ4n) is 1.72. The van der Waals surface area contributed by atoms with Crippen molar-refractivity contribution < 1.29 is 17.6 Å². The number of hydrogen-bond donors (Lipinski definition) is 2. The van der Waals surface area contributed by atoms with Gasteiger partial charge in [0.25, 0.3) is 0 Å². The van der Waals surface area contributed by atoms with Crippen molar-refractivity contribution >= 4 is 51.9 Å². The van der Waals surface area contributed by atoms with Gasteiger partial charge in [-0.05, 0) is 48.6 Å². The normalized spacial score (nSPS) is 11.2. The summed E-state index contributed by atoms with van der Waals surface area (Å²) in [6, 6.07) is 6.98. The van der Waals surface area contributed by atoms with Gasteiger partial charge in [-0.25, -0.2) is 4.39 Å². The zero-order valence-corrected chi connectivity index (χ0v) is 13.5. The third-order valence-electron chi connectivity index (χ3n) is 2.71. The molecular weight excluding hydrogens is 375 g/mol. The molecule has 9 heteroatoms. The third-order valence-corrected chi connectivity index (χ3v) is 3.44. The molecular formula is C14H8Cl2F4N2S. The number of hydrogen-bond acceptors (Lipinski definition) is 1. The second-order valence-electron chi connectivity index (χ2n) is 4.40. The van der Waals surface area contributed by atoms with Crippen molar-refractivity contribution in [2.45, 2.75) is 6.18 Å². The average Bonchev–Trinajstić information content (AvgIpc) is 2.44. The lowest BCUT2D eigenvalue weighted by atomic mass is 10.1. The molecule has 0 saturated carbocycles. The van der Waals surface area contributed by atoms with E-state index in [2.05, 4.69) is 10.6 Å². The fraction of sp³-hybridized carbons (Fsp3) is 0.0714. The van der Waals surface area contributed by atoms with Crippen LogP contribution in [-0.4, -0.2) is 5.11 Å². The van der Waals surface area contributed by atoms with E-state index < -0.39 is 17.6 Å². The average molecular weight is 383 g/mol. The lowest BCUT2D eigenvalue weighted by Crippen LogP contribution is -2.21. The number of nitrogens with one attached hydrogen (secondary N) is 2. The van der Waals surface area contributed by atoms with Crippen LogP contribution < -0.4 is 10.6 Å². The van der Waals surface area contributed by atoms with E-state index in [0.29, 0.717) is 5.69 Å². The minimum absolute atomic E-state index is 0.0490. The Balaban J connectivity index is 2.19. The van der Waals surface area contributed by atoms with Gasteiger partial charge in [0.2, 0.25) is 0 Å². The molecule has 0 aliphatic carbocycles. The number of thiocarbonyl (C=S) groups is 1. The molecule has 0 amide bonds. The first-order valence-corrected chi connectivity index (χ1v) is 7.23. The molecule has 0 aliphatic heterocycles. The van der Waals surface area contributed by atoms with E-state index in [1.54, 1.807) is 0 Å². The summed E-state index contributed by atoms with van der Waals surface area (Å²) in [6.07, 6.45) is -4.60. The molecule has 2 nitrogen and oxygen atoms in total. The highest BCUT2D eigenvalue weighted by atomic mass is 35.5. The van der Waals surface area contributed by atoms with E-state index in [0.717, 1.165) is 18.2 Å². The van der Waals surface area contributed by atoms with Crippen LogP contribution in [0.5, 0.6) is 0 Å². The van der Waals surface area contributed by atoms with Gasteiger partial charge in [0.15, 0.2) is 5.11 Å². The summed E-state index contributed by atoms with van der Waals surface area (Å²) in [6.45, 7) is 0. The topological polar surface area (TPSA) is 24.1 Å². The van der Waals surface area contributed by atoms with Crippen LogP contribution >= 0.6 is 35.4 Å². The first-order chi connectivity index (χ1) is 10.7. The SMILES string of the molecule is Fc1ccc(NC(=S)Nc2ccc(Cl)cc2C(F)(F)F)cc1Cl. The number of alkyl halides is 3. The summed E-state index contributed by atoms with van der Waals surface area (Å²) in [7, 11) is 0. The van der Waals surface area contributed by atoms with Gasteiger partial charge < -0.3 is 10.6 Å². The van der Waals surface area contributed by atoms with Crippen molar-refractivity contribution in [2.24, 2.45) is 0 Å². The Kier molecular flexibility index (Phi) is 5.33. The Labute approximate surface area is 144 Å². The maximum Gasteiger partial charge on any atom is 0.418 e. The molecule has 2 aromatic carbocycles. The summed E-state index contributed by atoms with van der Waals surface area (Å²) in [5.41, 5.74) is -0.879. The molecule has 0 aliphatic rings. The summed E-state index contributed by atoms with van der Waals surface area (Å²) in [5.74, 6) is -0.617. The van der Waals surface area contributed by atoms with Gasteiger partial charge in [-0.1, -0.05) is 23.2 Å². The Morgan fingerprint density at radius 3 is 2.30 bits per heavy atom. The Morgan fingerprint density at radius 2 is 1.70 bits per heavy atom. The number of halogens is 6. The predicted octanol–water partition coefficient (Wildman–Crippen LogP) is 5.96. The van der Waals surface area contributed by atoms with Crippen molar-refractivity contribution in [1.29, 1.82) is 0 Å². The van der Waals surface area contributed by atoms with Gasteiger partial charge in [0.05, 0.1) is 16.3 Å². The quantitative estimate of drug-likeness (QED) is 0.494. The Morgan fingerprint density at radius 1 is 1.00 bits per heavy atom. The van der Waals surface area contributed by atoms with Crippen LogP contribution in [0.1, 0.15) is 5.56 Å². The van der Waals surface area contributed by atoms with Crippen molar-refractivity contribution in [2.75, 3.05) is 10.6 Å². The third kappa shape index (κ3) is 4.70. The molecule has 0 heterocycles. The Bertz CT molecular complexity index is 750. The van der Waals surface area contributed by atoms with E-state index in [1.165, 1.54) is 18.2 Å². The van der Waals surface area contributed by atoms with Gasteiger partial charge in [-0.3, -0.25) is 0 Å². The number of benzene rings is 2. The van der Waals surface area contributed by atoms with Crippen LogP contribution in [-0.2, 0) is 6.18 Å². The highest BCUT2D eigenvalue weighted by Crippen LogP contribution is 2.36. The molecule has 0 radical (unpaired) electrons. The molecule has 0 saturated heterocycles. The zero-order valence-electron chi connectivity index (χ0n) is 11.1. The molecule has 0 spiro atoms. The standard InChI is InChI=1S/C14H8Cl2F4N2S/c15-7-1-4-12(9(5-7)14(18,19)20)22-13(23)21-8-2-3-11(17)10(16)6-8/h1-6H,(H2,21,22,23). The van der Waals surface area contributed by atoms with Gasteiger partial charge in [-0.15, -0.1) is 0 Å². The molecule has 2 rings (SSSR count). The highest BCUT2D eigenvalue weighted by molar-refractivity contribution is 7.80. The highest BCUT2D eigenvalue weighted by Gasteiger charge is 2.34. The van der Waals surface area contributed by atoms with Gasteiger partial charge in [0, 0.05) is 10.7 Å². The number of anilines is 2. The van der Waals surface area contributed by atoms with Crippen LogP contribution in [0.4, 0.5) is 28.9 Å². The molecule has 2 N–H and O–H groups in total. The smallest absolute Gasteiger partial charge is 0.332 e. The first kappa shape index (κ1) is 17.8. The van der Waals surface area contributed by atoms with Gasteiger partial charge in [-0.2, -0.15) is 13.2 Å². The first-order valence-electron chi connectivity index (χ1n) is 6.06. The predicted molar refractivity (Wildman–Crippen MR) is 87.7 cm³/mol. The summed E-state index contributed by atoms with van der Waals surface area (Å²) in [4.78, 5) is 0. The van der Waals surface area contributed by atoms with Crippen LogP contribution in [0.15, 0.2) is 36.4 Å². The largest absolute Gasteiger partial charge is 0.418 e. The van der Waals surface area contributed by atoms with E-state index in [-0.39, 0.29) is 20.8 Å². The lowest BCUT2D eigenvalue weighted by Gasteiger charge is -2.16. The molecule has 23 heavy (non-hydrogen) atoms. The molecule has 0 bridgehead atoms. The van der Waals surface area contributed by atoms with Crippen LogP contribution in [0, 0.1) is 5.82 Å². The fourth-order valence-corrected chi connectivity index (χ4v) is 2.30. The van der Waals surface area contributed by atoms with Crippen molar-refractivity contribution in [1.82, 2.24) is 0 Å². The number of rotatable bonds is 2. The second kappa shape index (κ2) is 6.90. The molecule has 0 fully saturated rings. The van der Waals surface area contributed by atoms with E-state index >= 15 is 0 Å². The van der Waals surface area contributed by atoms with Crippen LogP contribution in [0.2, 0.25) is 10.0 Å². The van der Waals surface area contributed by atoms with Crippen molar-refractivity contribution in [3.8, 4) is 0 Å². The van der Waals surface area contributed by atoms with Crippen LogP contribution in [0.3, 0.4) is 0 Å². The molecule has 0 atom stereocenters. The zero-order chi connectivity index (χ0) is 17.2. The van der Waals surface area contributed by atoms with E-state index in [4.69, 9.17) is 35.4 Å². The minimum atomic E-state index is -4.60.